The normalized spacial score (nSPS) is 12.7. The van der Waals surface area contributed by atoms with Crippen molar-refractivity contribution in [1.82, 2.24) is 0 Å². The molecule has 0 unspecified atom stereocenters. The van der Waals surface area contributed by atoms with Gasteiger partial charge in [-0.15, -0.1) is 0 Å². The van der Waals surface area contributed by atoms with Gasteiger partial charge in [0.15, 0.2) is 0 Å². The van der Waals surface area contributed by atoms with E-state index < -0.39 is 5.97 Å². The summed E-state index contributed by atoms with van der Waals surface area (Å²) in [5, 5.41) is 12.1. The molecule has 0 radical (unpaired) electrons. The zero-order chi connectivity index (χ0) is 16.4. The van der Waals surface area contributed by atoms with Crippen LogP contribution in [-0.2, 0) is 4.79 Å². The largest absolute Gasteiger partial charge is 0.488 e. The Morgan fingerprint density at radius 1 is 1.13 bits per heavy atom. The minimum atomic E-state index is -1.01. The number of aromatic carboxylic acids is 1. The Labute approximate surface area is 137 Å². The smallest absolute Gasteiger partial charge is 0.335 e. The van der Waals surface area contributed by atoms with Gasteiger partial charge in [-0.3, -0.25) is 4.79 Å². The highest BCUT2D eigenvalue weighted by Crippen LogP contribution is 2.29. The maximum absolute atomic E-state index is 12.3. The highest BCUT2D eigenvalue weighted by molar-refractivity contribution is 6.30. The van der Waals surface area contributed by atoms with Gasteiger partial charge in [0.2, 0.25) is 0 Å². The molecular formula is C17H12ClNO4. The summed E-state index contributed by atoms with van der Waals surface area (Å²) in [6.45, 7) is 0.160. The monoisotopic (exact) mass is 329 g/mol. The maximum atomic E-state index is 12.3. The summed E-state index contributed by atoms with van der Waals surface area (Å²) in [7, 11) is 0. The Morgan fingerprint density at radius 3 is 2.57 bits per heavy atom. The van der Waals surface area contributed by atoms with E-state index in [-0.39, 0.29) is 18.1 Å². The molecular weight excluding hydrogens is 318 g/mol. The standard InChI is InChI=1S/C17H12ClNO4/c18-13-3-6-15-11(8-13)7-12(9-23-15)16(20)19-14-4-1-10(2-5-14)17(21)22/h1-8H,9H2,(H,19,20)(H,21,22). The first-order chi connectivity index (χ1) is 11.0. The molecule has 2 N–H and O–H groups in total. The molecule has 1 amide bonds. The summed E-state index contributed by atoms with van der Waals surface area (Å²) in [5.74, 6) is -0.643. The first-order valence-corrected chi connectivity index (χ1v) is 7.18. The van der Waals surface area contributed by atoms with Crippen LogP contribution in [0.2, 0.25) is 5.02 Å². The summed E-state index contributed by atoms with van der Waals surface area (Å²) < 4.78 is 5.54. The van der Waals surface area contributed by atoms with Gasteiger partial charge in [-0.05, 0) is 48.5 Å². The number of hydrogen-bond donors (Lipinski definition) is 2. The van der Waals surface area contributed by atoms with Crippen LogP contribution in [0.25, 0.3) is 6.08 Å². The average Bonchev–Trinajstić information content (AvgIpc) is 2.54. The van der Waals surface area contributed by atoms with E-state index in [0.717, 1.165) is 5.56 Å². The highest BCUT2D eigenvalue weighted by Gasteiger charge is 2.17. The number of nitrogens with one attached hydrogen (secondary N) is 1. The second-order valence-electron chi connectivity index (χ2n) is 4.98. The Kier molecular flexibility index (Phi) is 4.04. The van der Waals surface area contributed by atoms with Crippen LogP contribution < -0.4 is 10.1 Å². The molecule has 0 saturated carbocycles. The molecule has 0 spiro atoms. The van der Waals surface area contributed by atoms with E-state index >= 15 is 0 Å². The number of carboxylic acids is 1. The van der Waals surface area contributed by atoms with Crippen molar-refractivity contribution >= 4 is 35.2 Å². The molecule has 2 aromatic rings. The number of fused-ring (bicyclic) bond motifs is 1. The van der Waals surface area contributed by atoms with Crippen molar-refractivity contribution in [2.24, 2.45) is 0 Å². The highest BCUT2D eigenvalue weighted by atomic mass is 35.5. The number of anilines is 1. The molecule has 6 heteroatoms. The zero-order valence-electron chi connectivity index (χ0n) is 11.9. The predicted octanol–water partition coefficient (Wildman–Crippen LogP) is 3.45. The number of benzene rings is 2. The quantitative estimate of drug-likeness (QED) is 0.904. The van der Waals surface area contributed by atoms with E-state index in [4.69, 9.17) is 21.4 Å². The van der Waals surface area contributed by atoms with E-state index in [2.05, 4.69) is 5.32 Å². The second-order valence-corrected chi connectivity index (χ2v) is 5.41. The first kappa shape index (κ1) is 15.1. The number of hydrogen-bond acceptors (Lipinski definition) is 3. The number of halogens is 1. The van der Waals surface area contributed by atoms with Crippen LogP contribution >= 0.6 is 11.6 Å². The van der Waals surface area contributed by atoms with Gasteiger partial charge in [0.1, 0.15) is 12.4 Å². The number of rotatable bonds is 3. The lowest BCUT2D eigenvalue weighted by atomic mass is 10.1. The maximum Gasteiger partial charge on any atom is 0.335 e. The fraction of sp³-hybridized carbons (Fsp3) is 0.0588. The van der Waals surface area contributed by atoms with Crippen molar-refractivity contribution in [3.8, 4) is 5.75 Å². The third kappa shape index (κ3) is 3.35. The molecule has 0 aromatic heterocycles. The molecule has 0 aliphatic carbocycles. The SMILES string of the molecule is O=C(Nc1ccc(C(=O)O)cc1)C1=Cc2cc(Cl)ccc2OC1. The van der Waals surface area contributed by atoms with Crippen LogP contribution in [0.4, 0.5) is 5.69 Å². The van der Waals surface area contributed by atoms with Crippen molar-refractivity contribution in [2.45, 2.75) is 0 Å². The number of ether oxygens (including phenoxy) is 1. The van der Waals surface area contributed by atoms with Crippen LogP contribution in [0.1, 0.15) is 15.9 Å². The Balaban J connectivity index is 1.77. The average molecular weight is 330 g/mol. The van der Waals surface area contributed by atoms with Gasteiger partial charge in [0, 0.05) is 16.3 Å². The predicted molar refractivity (Wildman–Crippen MR) is 87.0 cm³/mol. The number of carbonyl (C=O) groups is 2. The summed E-state index contributed by atoms with van der Waals surface area (Å²) in [6, 6.07) is 11.1. The lowest BCUT2D eigenvalue weighted by molar-refractivity contribution is -0.113. The van der Waals surface area contributed by atoms with Gasteiger partial charge >= 0.3 is 5.97 Å². The van der Waals surface area contributed by atoms with Gasteiger partial charge in [0.25, 0.3) is 5.91 Å². The van der Waals surface area contributed by atoms with Gasteiger partial charge < -0.3 is 15.2 Å². The summed E-state index contributed by atoms with van der Waals surface area (Å²) in [4.78, 5) is 23.1. The molecule has 1 heterocycles. The minimum Gasteiger partial charge on any atom is -0.488 e. The zero-order valence-corrected chi connectivity index (χ0v) is 12.6. The second kappa shape index (κ2) is 6.14. The summed E-state index contributed by atoms with van der Waals surface area (Å²) in [5.41, 5.74) is 1.88. The van der Waals surface area contributed by atoms with Crippen molar-refractivity contribution in [3.05, 3.63) is 64.2 Å². The molecule has 3 rings (SSSR count). The van der Waals surface area contributed by atoms with Crippen molar-refractivity contribution in [2.75, 3.05) is 11.9 Å². The molecule has 0 atom stereocenters. The Morgan fingerprint density at radius 2 is 1.87 bits per heavy atom. The first-order valence-electron chi connectivity index (χ1n) is 6.80. The fourth-order valence-electron chi connectivity index (χ4n) is 2.19. The summed E-state index contributed by atoms with van der Waals surface area (Å²) >= 11 is 5.94. The van der Waals surface area contributed by atoms with E-state index in [1.165, 1.54) is 24.3 Å². The number of carbonyl (C=O) groups excluding carboxylic acids is 1. The number of amides is 1. The number of carboxylic acid groups (broad SMARTS) is 1. The Bertz CT molecular complexity index is 812. The van der Waals surface area contributed by atoms with Gasteiger partial charge in [-0.25, -0.2) is 4.79 Å². The van der Waals surface area contributed by atoms with Crippen LogP contribution in [0.3, 0.4) is 0 Å². The summed E-state index contributed by atoms with van der Waals surface area (Å²) in [6.07, 6.45) is 1.73. The topological polar surface area (TPSA) is 75.6 Å². The van der Waals surface area contributed by atoms with Crippen LogP contribution in [0.15, 0.2) is 48.0 Å². The van der Waals surface area contributed by atoms with E-state index in [1.54, 1.807) is 24.3 Å². The van der Waals surface area contributed by atoms with Gasteiger partial charge in [-0.2, -0.15) is 0 Å². The van der Waals surface area contributed by atoms with E-state index in [1.807, 2.05) is 0 Å². The molecule has 1 aliphatic heterocycles. The van der Waals surface area contributed by atoms with Crippen LogP contribution in [0.5, 0.6) is 5.75 Å². The molecule has 23 heavy (non-hydrogen) atoms. The van der Waals surface area contributed by atoms with Crippen molar-refractivity contribution in [1.29, 1.82) is 0 Å². The third-order valence-corrected chi connectivity index (χ3v) is 3.60. The molecule has 5 nitrogen and oxygen atoms in total. The van der Waals surface area contributed by atoms with Gasteiger partial charge in [-0.1, -0.05) is 11.6 Å². The molecule has 0 fully saturated rings. The Hall–Kier alpha value is -2.79. The van der Waals surface area contributed by atoms with Crippen molar-refractivity contribution in [3.63, 3.8) is 0 Å². The van der Waals surface area contributed by atoms with Crippen LogP contribution in [-0.4, -0.2) is 23.6 Å². The molecule has 1 aliphatic rings. The molecule has 0 saturated heterocycles. The van der Waals surface area contributed by atoms with E-state index in [0.29, 0.717) is 22.0 Å². The van der Waals surface area contributed by atoms with Crippen LogP contribution in [0, 0.1) is 0 Å². The lowest BCUT2D eigenvalue weighted by Crippen LogP contribution is -2.21. The third-order valence-electron chi connectivity index (χ3n) is 3.37. The van der Waals surface area contributed by atoms with Gasteiger partial charge in [0.05, 0.1) is 11.1 Å². The van der Waals surface area contributed by atoms with Crippen molar-refractivity contribution < 1.29 is 19.4 Å². The molecule has 0 bridgehead atoms. The molecule has 116 valence electrons. The lowest BCUT2D eigenvalue weighted by Gasteiger charge is -2.17. The van der Waals surface area contributed by atoms with E-state index in [9.17, 15) is 9.59 Å². The minimum absolute atomic E-state index is 0.159. The fourth-order valence-corrected chi connectivity index (χ4v) is 2.37. The molecule has 2 aromatic carbocycles.